The van der Waals surface area contributed by atoms with Crippen LogP contribution in [0.2, 0.25) is 0 Å². The zero-order valence-electron chi connectivity index (χ0n) is 23.8. The summed E-state index contributed by atoms with van der Waals surface area (Å²) in [6, 6.07) is 25.7. The van der Waals surface area contributed by atoms with Gasteiger partial charge in [-0.2, -0.15) is 13.2 Å². The van der Waals surface area contributed by atoms with Crippen LogP contribution in [0.4, 0.5) is 18.9 Å². The number of ketones is 1. The Bertz CT molecular complexity index is 1640. The number of carbonyl (C=O) groups excluding carboxylic acids is 4. The maximum absolute atomic E-state index is 13.5. The summed E-state index contributed by atoms with van der Waals surface area (Å²) in [6.07, 6.45) is -5.33. The summed E-state index contributed by atoms with van der Waals surface area (Å²) in [7, 11) is 2.23. The third kappa shape index (κ3) is 6.86. The number of ether oxygens (including phenoxy) is 2. The van der Waals surface area contributed by atoms with Crippen LogP contribution in [0.5, 0.6) is 0 Å². The first-order valence-electron chi connectivity index (χ1n) is 13.4. The minimum absolute atomic E-state index is 0.159. The van der Waals surface area contributed by atoms with Crippen molar-refractivity contribution in [2.24, 2.45) is 0 Å². The van der Waals surface area contributed by atoms with Gasteiger partial charge in [-0.25, -0.2) is 0 Å². The predicted molar refractivity (Wildman–Crippen MR) is 157 cm³/mol. The van der Waals surface area contributed by atoms with Gasteiger partial charge in [0.25, 0.3) is 5.91 Å². The number of amides is 1. The molecule has 7 nitrogen and oxygen atoms in total. The summed E-state index contributed by atoms with van der Waals surface area (Å²) in [5.74, 6) is -3.08. The van der Waals surface area contributed by atoms with E-state index in [2.05, 4.69) is 5.32 Å². The molecule has 0 aromatic heterocycles. The first kappa shape index (κ1) is 31.7. The van der Waals surface area contributed by atoms with Crippen LogP contribution in [0.15, 0.2) is 103 Å². The Morgan fingerprint density at radius 1 is 0.705 bits per heavy atom. The highest BCUT2D eigenvalue weighted by Crippen LogP contribution is 2.35. The number of Topliss-reactive ketones (excluding diaryl/α,β-unsaturated/α-hetero) is 1. The van der Waals surface area contributed by atoms with Gasteiger partial charge < -0.3 is 14.8 Å². The monoisotopic (exact) mass is 603 g/mol. The molecule has 0 saturated heterocycles. The maximum atomic E-state index is 13.5. The number of alkyl halides is 3. The molecule has 0 spiro atoms. The number of hydrogen-bond donors (Lipinski definition) is 1. The molecule has 0 aliphatic carbocycles. The van der Waals surface area contributed by atoms with Gasteiger partial charge in [0.2, 0.25) is 0 Å². The fraction of sp³-hybridized carbons (Fsp3) is 0.176. The number of nitrogens with one attached hydrogen (secondary N) is 1. The summed E-state index contributed by atoms with van der Waals surface area (Å²) in [4.78, 5) is 52.2. The van der Waals surface area contributed by atoms with E-state index in [9.17, 15) is 32.3 Å². The Balaban J connectivity index is 1.54. The van der Waals surface area contributed by atoms with Crippen LogP contribution in [0.25, 0.3) is 11.1 Å². The van der Waals surface area contributed by atoms with Crippen LogP contribution >= 0.6 is 0 Å². The molecule has 0 aliphatic heterocycles. The zero-order valence-corrected chi connectivity index (χ0v) is 23.8. The van der Waals surface area contributed by atoms with Crippen molar-refractivity contribution in [2.75, 3.05) is 19.5 Å². The molecule has 10 heteroatoms. The lowest BCUT2D eigenvalue weighted by Crippen LogP contribution is -2.47. The van der Waals surface area contributed by atoms with Gasteiger partial charge in [-0.15, -0.1) is 0 Å². The first-order chi connectivity index (χ1) is 21.0. The van der Waals surface area contributed by atoms with E-state index in [4.69, 9.17) is 9.47 Å². The third-order valence-corrected chi connectivity index (χ3v) is 7.09. The van der Waals surface area contributed by atoms with Gasteiger partial charge in [0.1, 0.15) is 5.78 Å². The summed E-state index contributed by atoms with van der Waals surface area (Å²) in [5, 5.41) is 2.62. The average Bonchev–Trinajstić information content (AvgIpc) is 3.03. The van der Waals surface area contributed by atoms with Crippen LogP contribution in [0.1, 0.15) is 33.5 Å². The fourth-order valence-corrected chi connectivity index (χ4v) is 4.90. The average molecular weight is 604 g/mol. The molecule has 0 unspecified atom stereocenters. The number of hydrogen-bond acceptors (Lipinski definition) is 6. The molecule has 1 N–H and O–H groups in total. The minimum Gasteiger partial charge on any atom is -0.468 e. The smallest absolute Gasteiger partial charge is 0.416 e. The van der Waals surface area contributed by atoms with E-state index >= 15 is 0 Å². The fourth-order valence-electron chi connectivity index (χ4n) is 4.90. The van der Waals surface area contributed by atoms with Gasteiger partial charge in [0.05, 0.1) is 19.8 Å². The van der Waals surface area contributed by atoms with Crippen LogP contribution in [-0.2, 0) is 41.9 Å². The normalized spacial score (nSPS) is 11.4. The Kier molecular flexibility index (Phi) is 9.63. The molecule has 0 bridgehead atoms. The lowest BCUT2D eigenvalue weighted by atomic mass is 9.75. The zero-order chi connectivity index (χ0) is 31.9. The Hall–Kier alpha value is -5.25. The second-order valence-corrected chi connectivity index (χ2v) is 9.92. The van der Waals surface area contributed by atoms with E-state index in [0.717, 1.165) is 26.4 Å². The molecule has 4 aromatic rings. The van der Waals surface area contributed by atoms with Crippen LogP contribution < -0.4 is 5.32 Å². The quantitative estimate of drug-likeness (QED) is 0.166. The molecule has 1 amide bonds. The van der Waals surface area contributed by atoms with E-state index in [1.807, 2.05) is 0 Å². The molecular formula is C34H28F3NO6. The number of esters is 2. The van der Waals surface area contributed by atoms with Crippen molar-refractivity contribution in [1.29, 1.82) is 0 Å². The third-order valence-electron chi connectivity index (χ3n) is 7.09. The Labute approximate surface area is 251 Å². The van der Waals surface area contributed by atoms with Crippen molar-refractivity contribution < 1.29 is 41.8 Å². The molecule has 44 heavy (non-hydrogen) atoms. The highest BCUT2D eigenvalue weighted by molar-refractivity contribution is 6.10. The molecular weight excluding hydrogens is 575 g/mol. The molecule has 0 radical (unpaired) electrons. The van der Waals surface area contributed by atoms with Crippen molar-refractivity contribution in [2.45, 2.75) is 24.4 Å². The lowest BCUT2D eigenvalue weighted by Gasteiger charge is -2.28. The predicted octanol–water partition coefficient (Wildman–Crippen LogP) is 6.41. The molecule has 4 rings (SSSR count). The topological polar surface area (TPSA) is 98.8 Å². The van der Waals surface area contributed by atoms with Gasteiger partial charge in [0, 0.05) is 24.1 Å². The minimum atomic E-state index is -4.64. The summed E-state index contributed by atoms with van der Waals surface area (Å²) < 4.78 is 50.2. The summed E-state index contributed by atoms with van der Waals surface area (Å²) in [6.45, 7) is 0. The highest BCUT2D eigenvalue weighted by Gasteiger charge is 2.51. The number of carbonyl (C=O) groups is 4. The molecule has 0 aliphatic rings. The van der Waals surface area contributed by atoms with Crippen LogP contribution in [0, 0.1) is 0 Å². The molecule has 0 atom stereocenters. The van der Waals surface area contributed by atoms with Gasteiger partial charge >= 0.3 is 18.1 Å². The summed E-state index contributed by atoms with van der Waals surface area (Å²) >= 11 is 0. The van der Waals surface area contributed by atoms with Crippen molar-refractivity contribution in [3.05, 3.63) is 125 Å². The lowest BCUT2D eigenvalue weighted by molar-refractivity contribution is -0.163. The van der Waals surface area contributed by atoms with Crippen molar-refractivity contribution in [3.8, 4) is 11.1 Å². The number of halogens is 3. The van der Waals surface area contributed by atoms with Gasteiger partial charge in [-0.05, 0) is 46.5 Å². The van der Waals surface area contributed by atoms with E-state index in [1.165, 1.54) is 30.3 Å². The number of anilines is 1. The van der Waals surface area contributed by atoms with Crippen molar-refractivity contribution in [3.63, 3.8) is 0 Å². The number of methoxy groups -OCH3 is 2. The van der Waals surface area contributed by atoms with E-state index in [1.54, 1.807) is 60.7 Å². The first-order valence-corrected chi connectivity index (χ1v) is 13.4. The SMILES string of the molecule is COC(=O)C(CC(=O)Cc1ccc(NC(=O)c2cc(C(F)(F)F)ccc2-c2ccccc2)cc1)(C(=O)OC)c1ccccc1. The van der Waals surface area contributed by atoms with E-state index in [0.29, 0.717) is 16.7 Å². The van der Waals surface area contributed by atoms with Gasteiger partial charge in [-0.1, -0.05) is 78.9 Å². The molecule has 226 valence electrons. The molecule has 0 heterocycles. The second-order valence-electron chi connectivity index (χ2n) is 9.92. The Morgan fingerprint density at radius 2 is 1.27 bits per heavy atom. The van der Waals surface area contributed by atoms with E-state index in [-0.39, 0.29) is 23.2 Å². The molecule has 0 fully saturated rings. The summed E-state index contributed by atoms with van der Waals surface area (Å²) in [5.41, 5.74) is -1.18. The highest BCUT2D eigenvalue weighted by atomic mass is 19.4. The van der Waals surface area contributed by atoms with Crippen LogP contribution in [0.3, 0.4) is 0 Å². The Morgan fingerprint density at radius 3 is 1.82 bits per heavy atom. The molecule has 4 aromatic carbocycles. The standard InChI is InChI=1S/C34H28F3NO6/c1-43-31(41)33(32(42)44-2,24-11-7-4-8-12-24)21-27(39)19-22-13-16-26(17-14-22)38-30(40)29-20-25(34(35,36)37)15-18-28(29)23-9-5-3-6-10-23/h3-18,20H,19,21H2,1-2H3,(H,38,40). The second kappa shape index (κ2) is 13.4. The number of rotatable bonds is 10. The van der Waals surface area contributed by atoms with Crippen molar-refractivity contribution >= 4 is 29.3 Å². The van der Waals surface area contributed by atoms with Gasteiger partial charge in [0.15, 0.2) is 5.41 Å². The number of benzene rings is 4. The van der Waals surface area contributed by atoms with E-state index < -0.39 is 47.2 Å². The largest absolute Gasteiger partial charge is 0.468 e. The van der Waals surface area contributed by atoms with Crippen molar-refractivity contribution in [1.82, 2.24) is 0 Å². The molecule has 0 saturated carbocycles. The maximum Gasteiger partial charge on any atom is 0.416 e. The van der Waals surface area contributed by atoms with Gasteiger partial charge in [-0.3, -0.25) is 19.2 Å². The van der Waals surface area contributed by atoms with Crippen LogP contribution in [-0.4, -0.2) is 37.8 Å².